The Morgan fingerprint density at radius 2 is 2.19 bits per heavy atom. The molecule has 0 spiro atoms. The molecule has 0 fully saturated rings. The highest BCUT2D eigenvalue weighted by Gasteiger charge is 2.28. The topological polar surface area (TPSA) is 33.1 Å². The van der Waals surface area contributed by atoms with Crippen LogP contribution in [0.1, 0.15) is 17.4 Å². The smallest absolute Gasteiger partial charge is 0.141 e. The summed E-state index contributed by atoms with van der Waals surface area (Å²) in [6.07, 6.45) is 2.54. The van der Waals surface area contributed by atoms with Gasteiger partial charge in [0.2, 0.25) is 0 Å². The van der Waals surface area contributed by atoms with Crippen LogP contribution in [0.5, 0.6) is 0 Å². The van der Waals surface area contributed by atoms with E-state index < -0.39 is 11.4 Å². The predicted octanol–water partition coefficient (Wildman–Crippen LogP) is 3.19. The second-order valence-corrected chi connectivity index (χ2v) is 5.28. The monoisotopic (exact) mass is 257 g/mol. The lowest BCUT2D eigenvalue weighted by Crippen LogP contribution is -2.21. The normalized spacial score (nSPS) is 14.8. The molecular weight excluding hydrogens is 249 g/mol. The van der Waals surface area contributed by atoms with Gasteiger partial charge in [0.25, 0.3) is 0 Å². The number of aromatic nitrogens is 1. The molecule has 0 aliphatic carbocycles. The summed E-state index contributed by atoms with van der Waals surface area (Å²) in [7, 11) is 0. The van der Waals surface area contributed by atoms with Gasteiger partial charge in [0.15, 0.2) is 0 Å². The maximum absolute atomic E-state index is 13.0. The predicted molar refractivity (Wildman–Crippen MR) is 62.2 cm³/mol. The van der Waals surface area contributed by atoms with Gasteiger partial charge in [-0.25, -0.2) is 4.39 Å². The van der Waals surface area contributed by atoms with Crippen LogP contribution in [0.3, 0.4) is 0 Å². The molecule has 0 aromatic carbocycles. The fraction of sp³-hybridized carbons (Fsp3) is 0.182. The number of nitrogens with zero attached hydrogens (tertiary/aromatic N) is 1. The second kappa shape index (κ2) is 4.13. The summed E-state index contributed by atoms with van der Waals surface area (Å²) in [6, 6.07) is 4.68. The first kappa shape index (κ1) is 11.5. The SMILES string of the molecule is CC(O)(c1cncc(F)c1)c1ccc(Cl)s1. The zero-order chi connectivity index (χ0) is 11.8. The standard InChI is InChI=1S/C11H9ClFNOS/c1-11(15,9-2-3-10(12)16-9)7-4-8(13)6-14-5-7/h2-6,15H,1H3. The van der Waals surface area contributed by atoms with E-state index in [1.807, 2.05) is 0 Å². The largest absolute Gasteiger partial charge is 0.380 e. The van der Waals surface area contributed by atoms with Gasteiger partial charge in [-0.15, -0.1) is 11.3 Å². The first-order chi connectivity index (χ1) is 7.50. The highest BCUT2D eigenvalue weighted by Crippen LogP contribution is 2.35. The van der Waals surface area contributed by atoms with Gasteiger partial charge in [0.1, 0.15) is 11.4 Å². The quantitative estimate of drug-likeness (QED) is 0.896. The van der Waals surface area contributed by atoms with E-state index in [4.69, 9.17) is 11.6 Å². The highest BCUT2D eigenvalue weighted by molar-refractivity contribution is 7.16. The Hall–Kier alpha value is -0.970. The maximum Gasteiger partial charge on any atom is 0.141 e. The lowest BCUT2D eigenvalue weighted by atomic mass is 9.96. The summed E-state index contributed by atoms with van der Waals surface area (Å²) in [6.45, 7) is 1.59. The van der Waals surface area contributed by atoms with E-state index in [0.29, 0.717) is 14.8 Å². The van der Waals surface area contributed by atoms with Crippen LogP contribution in [-0.4, -0.2) is 10.1 Å². The van der Waals surface area contributed by atoms with Crippen molar-refractivity contribution in [2.24, 2.45) is 0 Å². The fourth-order valence-corrected chi connectivity index (χ4v) is 2.51. The summed E-state index contributed by atoms with van der Waals surface area (Å²) in [5.41, 5.74) is -0.863. The molecule has 0 aliphatic rings. The van der Waals surface area contributed by atoms with Crippen LogP contribution in [0, 0.1) is 5.82 Å². The number of rotatable bonds is 2. The molecule has 0 saturated heterocycles. The third kappa shape index (κ3) is 2.09. The molecule has 1 N–H and O–H groups in total. The van der Waals surface area contributed by atoms with Gasteiger partial charge in [-0.05, 0) is 25.1 Å². The van der Waals surface area contributed by atoms with Gasteiger partial charge in [-0.1, -0.05) is 11.6 Å². The molecule has 0 amide bonds. The van der Waals surface area contributed by atoms with Gasteiger partial charge in [0, 0.05) is 16.6 Å². The van der Waals surface area contributed by atoms with Crippen molar-refractivity contribution in [3.05, 3.63) is 51.2 Å². The lowest BCUT2D eigenvalue weighted by Gasteiger charge is -2.21. The molecule has 16 heavy (non-hydrogen) atoms. The number of thiophene rings is 1. The Morgan fingerprint density at radius 1 is 1.44 bits per heavy atom. The number of halogens is 2. The van der Waals surface area contributed by atoms with Crippen LogP contribution in [-0.2, 0) is 5.60 Å². The highest BCUT2D eigenvalue weighted by atomic mass is 35.5. The Bertz CT molecular complexity index is 512. The maximum atomic E-state index is 13.0. The van der Waals surface area contributed by atoms with Crippen molar-refractivity contribution in [3.8, 4) is 0 Å². The number of aliphatic hydroxyl groups is 1. The molecule has 1 unspecified atom stereocenters. The van der Waals surface area contributed by atoms with Crippen molar-refractivity contribution in [2.75, 3.05) is 0 Å². The molecule has 2 nitrogen and oxygen atoms in total. The molecule has 0 radical (unpaired) electrons. The van der Waals surface area contributed by atoms with E-state index >= 15 is 0 Å². The molecule has 1 atom stereocenters. The van der Waals surface area contributed by atoms with Crippen molar-refractivity contribution in [1.82, 2.24) is 4.98 Å². The van der Waals surface area contributed by atoms with Gasteiger partial charge in [0.05, 0.1) is 10.5 Å². The molecule has 0 bridgehead atoms. The summed E-state index contributed by atoms with van der Waals surface area (Å²) in [4.78, 5) is 4.38. The molecule has 0 saturated carbocycles. The number of hydrogen-bond acceptors (Lipinski definition) is 3. The first-order valence-electron chi connectivity index (χ1n) is 4.59. The van der Waals surface area contributed by atoms with Crippen LogP contribution < -0.4 is 0 Å². The number of pyridine rings is 1. The molecule has 0 aliphatic heterocycles. The zero-order valence-corrected chi connectivity index (χ0v) is 10.0. The van der Waals surface area contributed by atoms with Crippen LogP contribution in [0.25, 0.3) is 0 Å². The van der Waals surface area contributed by atoms with E-state index in [2.05, 4.69) is 4.98 Å². The molecule has 2 aromatic heterocycles. The molecule has 2 aromatic rings. The summed E-state index contributed by atoms with van der Waals surface area (Å²) in [5.74, 6) is -0.472. The van der Waals surface area contributed by atoms with Gasteiger partial charge in [-0.2, -0.15) is 0 Å². The van der Waals surface area contributed by atoms with Crippen LogP contribution >= 0.6 is 22.9 Å². The Morgan fingerprint density at radius 3 is 2.75 bits per heavy atom. The lowest BCUT2D eigenvalue weighted by molar-refractivity contribution is 0.105. The summed E-state index contributed by atoms with van der Waals surface area (Å²) >= 11 is 7.06. The average Bonchev–Trinajstić information content (AvgIpc) is 2.65. The van der Waals surface area contributed by atoms with E-state index in [0.717, 1.165) is 6.20 Å². The Kier molecular flexibility index (Phi) is 2.97. The fourth-order valence-electron chi connectivity index (χ4n) is 1.40. The molecular formula is C11H9ClFNOS. The van der Waals surface area contributed by atoms with Crippen molar-refractivity contribution in [1.29, 1.82) is 0 Å². The summed E-state index contributed by atoms with van der Waals surface area (Å²) in [5, 5.41) is 10.3. The Balaban J connectivity index is 2.46. The van der Waals surface area contributed by atoms with Gasteiger partial charge >= 0.3 is 0 Å². The van der Waals surface area contributed by atoms with Gasteiger partial charge < -0.3 is 5.11 Å². The van der Waals surface area contributed by atoms with Crippen LogP contribution in [0.4, 0.5) is 4.39 Å². The van der Waals surface area contributed by atoms with Crippen molar-refractivity contribution in [2.45, 2.75) is 12.5 Å². The first-order valence-corrected chi connectivity index (χ1v) is 5.79. The van der Waals surface area contributed by atoms with Crippen LogP contribution in [0.2, 0.25) is 4.34 Å². The van der Waals surface area contributed by atoms with Gasteiger partial charge in [-0.3, -0.25) is 4.98 Å². The molecule has 2 heterocycles. The van der Waals surface area contributed by atoms with Crippen LogP contribution in [0.15, 0.2) is 30.6 Å². The minimum absolute atomic E-state index is 0.408. The Labute approximate surface area is 101 Å². The minimum atomic E-state index is -1.27. The van der Waals surface area contributed by atoms with E-state index in [9.17, 15) is 9.50 Å². The van der Waals surface area contributed by atoms with E-state index in [1.165, 1.54) is 23.6 Å². The summed E-state index contributed by atoms with van der Waals surface area (Å²) < 4.78 is 13.6. The molecule has 2 rings (SSSR count). The second-order valence-electron chi connectivity index (χ2n) is 3.57. The minimum Gasteiger partial charge on any atom is -0.380 e. The third-order valence-corrected chi connectivity index (χ3v) is 3.76. The zero-order valence-electron chi connectivity index (χ0n) is 8.45. The van der Waals surface area contributed by atoms with Crippen molar-refractivity contribution >= 4 is 22.9 Å². The van der Waals surface area contributed by atoms with Crippen molar-refractivity contribution in [3.63, 3.8) is 0 Å². The number of hydrogen-bond donors (Lipinski definition) is 1. The molecule has 84 valence electrons. The third-order valence-electron chi connectivity index (χ3n) is 2.32. The van der Waals surface area contributed by atoms with Crippen molar-refractivity contribution < 1.29 is 9.50 Å². The van der Waals surface area contributed by atoms with E-state index in [1.54, 1.807) is 19.1 Å². The average molecular weight is 258 g/mol. The van der Waals surface area contributed by atoms with E-state index in [-0.39, 0.29) is 0 Å². The molecule has 5 heteroatoms.